The Morgan fingerprint density at radius 2 is 1.91 bits per heavy atom. The second-order valence-electron chi connectivity index (χ2n) is 8.25. The van der Waals surface area contributed by atoms with Crippen LogP contribution in [0.1, 0.15) is 36.8 Å². The average Bonchev–Trinajstić information content (AvgIpc) is 3.46. The fourth-order valence-electron chi connectivity index (χ4n) is 3.67. The molecule has 2 aromatic rings. The number of hydrogen-bond donors (Lipinski definition) is 3. The molecular formula is C23H26F2N4O4S. The van der Waals surface area contributed by atoms with Gasteiger partial charge >= 0.3 is 0 Å². The van der Waals surface area contributed by atoms with Gasteiger partial charge in [0.25, 0.3) is 5.91 Å². The molecule has 1 unspecified atom stereocenters. The summed E-state index contributed by atoms with van der Waals surface area (Å²) in [5.74, 6) is -6.80. The van der Waals surface area contributed by atoms with Gasteiger partial charge in [0, 0.05) is 36.8 Å². The van der Waals surface area contributed by atoms with Crippen LogP contribution in [0.15, 0.2) is 41.9 Å². The number of nitrogens with one attached hydrogen (secondary N) is 3. The maximum Gasteiger partial charge on any atom is 0.289 e. The van der Waals surface area contributed by atoms with Crippen molar-refractivity contribution in [1.82, 2.24) is 20.9 Å². The number of halogens is 2. The minimum Gasteiger partial charge on any atom is -0.344 e. The zero-order valence-corrected chi connectivity index (χ0v) is 19.4. The average molecular weight is 493 g/mol. The van der Waals surface area contributed by atoms with Crippen molar-refractivity contribution in [2.45, 2.75) is 57.2 Å². The molecule has 1 aromatic heterocycles. The molecule has 34 heavy (non-hydrogen) atoms. The number of aromatic nitrogens is 1. The normalized spacial score (nSPS) is 18.5. The molecule has 1 aliphatic rings. The third-order valence-electron chi connectivity index (χ3n) is 5.55. The number of carbonyl (C=O) groups is 4. The van der Waals surface area contributed by atoms with Crippen LogP contribution in [0.25, 0.3) is 0 Å². The number of benzene rings is 1. The molecule has 3 amide bonds. The Morgan fingerprint density at radius 3 is 2.53 bits per heavy atom. The zero-order chi connectivity index (χ0) is 24.7. The van der Waals surface area contributed by atoms with Crippen LogP contribution in [0.5, 0.6) is 0 Å². The maximum absolute atomic E-state index is 13.4. The molecule has 0 spiro atoms. The molecule has 1 aromatic carbocycles. The van der Waals surface area contributed by atoms with Crippen LogP contribution in [0.4, 0.5) is 8.78 Å². The van der Waals surface area contributed by atoms with Crippen molar-refractivity contribution in [3.63, 3.8) is 0 Å². The van der Waals surface area contributed by atoms with E-state index in [1.54, 1.807) is 41.9 Å². The van der Waals surface area contributed by atoms with E-state index in [0.717, 1.165) is 5.56 Å². The van der Waals surface area contributed by atoms with E-state index < -0.39 is 53.8 Å². The quantitative estimate of drug-likeness (QED) is 0.439. The first-order chi connectivity index (χ1) is 16.1. The minimum atomic E-state index is -2.88. The van der Waals surface area contributed by atoms with Crippen LogP contribution in [0.2, 0.25) is 0 Å². The number of ketones is 1. The van der Waals surface area contributed by atoms with Gasteiger partial charge in [0.2, 0.25) is 23.5 Å². The predicted octanol–water partition coefficient (Wildman–Crippen LogP) is 2.00. The van der Waals surface area contributed by atoms with Crippen molar-refractivity contribution in [2.75, 3.05) is 0 Å². The highest BCUT2D eigenvalue weighted by Gasteiger charge is 2.43. The van der Waals surface area contributed by atoms with Crippen LogP contribution >= 0.6 is 11.3 Å². The number of hydrogen-bond acceptors (Lipinski definition) is 6. The van der Waals surface area contributed by atoms with E-state index in [1.165, 1.54) is 18.3 Å². The third-order valence-corrected chi connectivity index (χ3v) is 6.33. The summed E-state index contributed by atoms with van der Waals surface area (Å²) in [7, 11) is 0. The smallest absolute Gasteiger partial charge is 0.289 e. The predicted molar refractivity (Wildman–Crippen MR) is 121 cm³/mol. The second kappa shape index (κ2) is 11.3. The second-order valence-corrected chi connectivity index (χ2v) is 9.23. The number of alkyl halides is 2. The van der Waals surface area contributed by atoms with Crippen molar-refractivity contribution in [3.05, 3.63) is 52.5 Å². The Labute approximate surface area is 199 Å². The number of amides is 3. The highest BCUT2D eigenvalue weighted by molar-refractivity contribution is 7.09. The summed E-state index contributed by atoms with van der Waals surface area (Å²) in [5, 5.41) is 9.83. The number of nitrogens with zero attached hydrogens (tertiary/aromatic N) is 1. The Bertz CT molecular complexity index is 1020. The number of carbonyl (C=O) groups excluding carboxylic acids is 4. The minimum absolute atomic E-state index is 0.0432. The van der Waals surface area contributed by atoms with Gasteiger partial charge in [-0.25, -0.2) is 13.8 Å². The van der Waals surface area contributed by atoms with Crippen molar-refractivity contribution >= 4 is 34.8 Å². The summed E-state index contributed by atoms with van der Waals surface area (Å²) >= 11 is 1.32. The highest BCUT2D eigenvalue weighted by atomic mass is 32.1. The first-order valence-electron chi connectivity index (χ1n) is 10.9. The van der Waals surface area contributed by atoms with Crippen molar-refractivity contribution < 1.29 is 28.0 Å². The number of Topliss-reactive ketones (excluding diaryl/α,β-unsaturated/α-hetero) is 1. The van der Waals surface area contributed by atoms with Gasteiger partial charge < -0.3 is 16.0 Å². The molecule has 3 N–H and O–H groups in total. The van der Waals surface area contributed by atoms with Gasteiger partial charge in [-0.1, -0.05) is 30.3 Å². The number of rotatable bonds is 10. The van der Waals surface area contributed by atoms with Crippen LogP contribution in [0, 0.1) is 5.92 Å². The molecule has 1 aliphatic carbocycles. The van der Waals surface area contributed by atoms with Crippen molar-refractivity contribution in [3.8, 4) is 0 Å². The Kier molecular flexibility index (Phi) is 8.43. The Hall–Kier alpha value is -3.21. The number of thiazole rings is 1. The van der Waals surface area contributed by atoms with E-state index in [1.807, 2.05) is 0 Å². The standard InChI is InChI=1S/C23H26F2N4O4S/c1-14(28-21(32)16-7-8-23(24,25)12-16)20(31)29-17(11-15-5-3-2-4-6-15)19(30)22(33)27-13-18-26-9-10-34-18/h2-6,9-10,14,16-17H,7-8,11-13H2,1H3,(H,27,33)(H,28,32)(H,29,31)/t14-,16?,17-/m1/s1. The summed E-state index contributed by atoms with van der Waals surface area (Å²) in [5.41, 5.74) is 0.721. The molecule has 3 atom stereocenters. The fraction of sp³-hybridized carbons (Fsp3) is 0.435. The lowest BCUT2D eigenvalue weighted by Crippen LogP contribution is -2.54. The van der Waals surface area contributed by atoms with Gasteiger partial charge in [0.1, 0.15) is 17.1 Å². The lowest BCUT2D eigenvalue weighted by Gasteiger charge is -2.21. The Balaban J connectivity index is 1.62. The molecule has 11 heteroatoms. The molecule has 0 saturated heterocycles. The molecule has 8 nitrogen and oxygen atoms in total. The van der Waals surface area contributed by atoms with Gasteiger partial charge in [-0.05, 0) is 18.9 Å². The van der Waals surface area contributed by atoms with Crippen LogP contribution in [-0.4, -0.2) is 46.5 Å². The van der Waals surface area contributed by atoms with Gasteiger partial charge in [0.15, 0.2) is 0 Å². The van der Waals surface area contributed by atoms with E-state index in [-0.39, 0.29) is 25.8 Å². The highest BCUT2D eigenvalue weighted by Crippen LogP contribution is 2.38. The maximum atomic E-state index is 13.4. The van der Waals surface area contributed by atoms with E-state index >= 15 is 0 Å². The lowest BCUT2D eigenvalue weighted by molar-refractivity contribution is -0.140. The zero-order valence-electron chi connectivity index (χ0n) is 18.6. The van der Waals surface area contributed by atoms with Gasteiger partial charge in [-0.2, -0.15) is 0 Å². The summed E-state index contributed by atoms with van der Waals surface area (Å²) in [6.07, 6.45) is 0.763. The van der Waals surface area contributed by atoms with Crippen LogP contribution in [0.3, 0.4) is 0 Å². The first kappa shape index (κ1) is 25.4. The van der Waals surface area contributed by atoms with E-state index in [2.05, 4.69) is 20.9 Å². The molecule has 1 fully saturated rings. The summed E-state index contributed by atoms with van der Waals surface area (Å²) in [6, 6.07) is 6.58. The van der Waals surface area contributed by atoms with Crippen molar-refractivity contribution in [2.24, 2.45) is 5.92 Å². The van der Waals surface area contributed by atoms with Crippen LogP contribution < -0.4 is 16.0 Å². The molecular weight excluding hydrogens is 466 g/mol. The van der Waals surface area contributed by atoms with E-state index in [0.29, 0.717) is 5.01 Å². The van der Waals surface area contributed by atoms with E-state index in [4.69, 9.17) is 0 Å². The van der Waals surface area contributed by atoms with Gasteiger partial charge in [0.05, 0.1) is 6.54 Å². The molecule has 0 aliphatic heterocycles. The van der Waals surface area contributed by atoms with Gasteiger partial charge in [-0.3, -0.25) is 19.2 Å². The molecule has 0 radical (unpaired) electrons. The largest absolute Gasteiger partial charge is 0.344 e. The Morgan fingerprint density at radius 1 is 1.18 bits per heavy atom. The molecule has 182 valence electrons. The van der Waals surface area contributed by atoms with E-state index in [9.17, 15) is 28.0 Å². The fourth-order valence-corrected chi connectivity index (χ4v) is 4.22. The molecule has 1 heterocycles. The lowest BCUT2D eigenvalue weighted by atomic mass is 10.0. The topological polar surface area (TPSA) is 117 Å². The summed E-state index contributed by atoms with van der Waals surface area (Å²) in [4.78, 5) is 54.4. The third kappa shape index (κ3) is 7.14. The molecule has 1 saturated carbocycles. The van der Waals surface area contributed by atoms with Crippen molar-refractivity contribution in [1.29, 1.82) is 0 Å². The van der Waals surface area contributed by atoms with Gasteiger partial charge in [-0.15, -0.1) is 11.3 Å². The van der Waals surface area contributed by atoms with Crippen LogP contribution in [-0.2, 0) is 32.1 Å². The monoisotopic (exact) mass is 492 g/mol. The SMILES string of the molecule is C[C@@H](NC(=O)C1CCC(F)(F)C1)C(=O)N[C@H](Cc1ccccc1)C(=O)C(=O)NCc1nccs1. The first-order valence-corrected chi connectivity index (χ1v) is 11.8. The molecule has 0 bridgehead atoms. The summed E-state index contributed by atoms with van der Waals surface area (Å²) < 4.78 is 26.8. The summed E-state index contributed by atoms with van der Waals surface area (Å²) in [6.45, 7) is 1.47. The molecule has 3 rings (SSSR count).